The minimum atomic E-state index is -0.0983. The van der Waals surface area contributed by atoms with Gasteiger partial charge < -0.3 is 19.8 Å². The van der Waals surface area contributed by atoms with Gasteiger partial charge in [0.2, 0.25) is 0 Å². The lowest BCUT2D eigenvalue weighted by Gasteiger charge is -2.20. The van der Waals surface area contributed by atoms with E-state index in [-0.39, 0.29) is 6.04 Å². The second-order valence-corrected chi connectivity index (χ2v) is 5.25. The predicted molar refractivity (Wildman–Crippen MR) is 80.6 cm³/mol. The smallest absolute Gasteiger partial charge is 0.161 e. The van der Waals surface area contributed by atoms with E-state index in [0.29, 0.717) is 19.6 Å². The second-order valence-electron chi connectivity index (χ2n) is 5.25. The molecule has 0 spiro atoms. The molecule has 1 atom stereocenters. The number of imidazole rings is 1. The number of nitrogens with two attached hydrogens (primary N) is 1. The second kappa shape index (κ2) is 6.18. The molecule has 1 unspecified atom stereocenters. The molecule has 0 bridgehead atoms. The van der Waals surface area contributed by atoms with Crippen LogP contribution in [0.4, 0.5) is 0 Å². The van der Waals surface area contributed by atoms with Crippen LogP contribution in [0.1, 0.15) is 30.8 Å². The Bertz CT molecular complexity index is 609. The molecule has 2 aromatic rings. The summed E-state index contributed by atoms with van der Waals surface area (Å²) in [5.41, 5.74) is 7.38. The molecular weight excluding hydrogens is 266 g/mol. The largest absolute Gasteiger partial charge is 0.486 e. The van der Waals surface area contributed by atoms with Gasteiger partial charge in [-0.15, -0.1) is 0 Å². The van der Waals surface area contributed by atoms with E-state index in [2.05, 4.69) is 16.5 Å². The number of ether oxygens (including phenoxy) is 2. The summed E-state index contributed by atoms with van der Waals surface area (Å²) in [7, 11) is 0. The first kappa shape index (κ1) is 13.9. The van der Waals surface area contributed by atoms with Crippen molar-refractivity contribution in [2.75, 3.05) is 13.2 Å². The van der Waals surface area contributed by atoms with E-state index in [9.17, 15) is 0 Å². The molecule has 2 N–H and O–H groups in total. The van der Waals surface area contributed by atoms with Gasteiger partial charge in [0.25, 0.3) is 0 Å². The molecule has 1 aromatic heterocycles. The van der Waals surface area contributed by atoms with Crippen molar-refractivity contribution in [3.05, 3.63) is 42.0 Å². The lowest BCUT2D eigenvalue weighted by molar-refractivity contribution is 0.171. The van der Waals surface area contributed by atoms with Crippen molar-refractivity contribution in [1.82, 2.24) is 9.55 Å². The Kier molecular flexibility index (Phi) is 4.10. The molecule has 21 heavy (non-hydrogen) atoms. The monoisotopic (exact) mass is 287 g/mol. The van der Waals surface area contributed by atoms with Crippen molar-refractivity contribution < 1.29 is 9.47 Å². The van der Waals surface area contributed by atoms with E-state index in [1.165, 1.54) is 0 Å². The van der Waals surface area contributed by atoms with Gasteiger partial charge in [0.05, 0.1) is 0 Å². The summed E-state index contributed by atoms with van der Waals surface area (Å²) >= 11 is 0. The first-order chi connectivity index (χ1) is 10.3. The highest BCUT2D eigenvalue weighted by molar-refractivity contribution is 5.44. The number of fused-ring (bicyclic) bond motifs is 1. The zero-order chi connectivity index (χ0) is 14.7. The highest BCUT2D eigenvalue weighted by Gasteiger charge is 2.16. The molecule has 1 aliphatic rings. The number of nitrogens with zero attached hydrogens (tertiary/aromatic N) is 2. The molecule has 0 fully saturated rings. The zero-order valence-electron chi connectivity index (χ0n) is 12.3. The average Bonchev–Trinajstić information content (AvgIpc) is 2.94. The van der Waals surface area contributed by atoms with Crippen LogP contribution in [-0.4, -0.2) is 22.8 Å². The van der Waals surface area contributed by atoms with Gasteiger partial charge in [0.1, 0.15) is 19.0 Å². The van der Waals surface area contributed by atoms with E-state index < -0.39 is 0 Å². The number of rotatable bonds is 5. The van der Waals surface area contributed by atoms with Crippen molar-refractivity contribution in [1.29, 1.82) is 0 Å². The van der Waals surface area contributed by atoms with Crippen molar-refractivity contribution in [2.45, 2.75) is 32.4 Å². The zero-order valence-corrected chi connectivity index (χ0v) is 12.3. The Morgan fingerprint density at radius 3 is 2.90 bits per heavy atom. The summed E-state index contributed by atoms with van der Waals surface area (Å²) in [6.45, 7) is 4.33. The molecule has 0 radical (unpaired) electrons. The van der Waals surface area contributed by atoms with Crippen molar-refractivity contribution in [3.8, 4) is 11.5 Å². The Labute approximate surface area is 124 Å². The Hall–Kier alpha value is -2.01. The van der Waals surface area contributed by atoms with E-state index >= 15 is 0 Å². The number of benzene rings is 1. The third-order valence-corrected chi connectivity index (χ3v) is 3.66. The minimum absolute atomic E-state index is 0.0983. The van der Waals surface area contributed by atoms with Gasteiger partial charge in [-0.1, -0.05) is 13.0 Å². The van der Waals surface area contributed by atoms with Crippen LogP contribution in [0.25, 0.3) is 0 Å². The number of hydrogen-bond donors (Lipinski definition) is 1. The van der Waals surface area contributed by atoms with Crippen LogP contribution in [0.15, 0.2) is 30.6 Å². The molecule has 0 amide bonds. The summed E-state index contributed by atoms with van der Waals surface area (Å²) in [5.74, 6) is 2.61. The fraction of sp³-hybridized carbons (Fsp3) is 0.438. The SMILES string of the molecule is CCCn1ccnc1CC(N)c1ccc2c(c1)OCCO2. The van der Waals surface area contributed by atoms with Crippen LogP contribution in [0.2, 0.25) is 0 Å². The summed E-state index contributed by atoms with van der Waals surface area (Å²) in [6.07, 6.45) is 5.64. The Morgan fingerprint density at radius 2 is 2.10 bits per heavy atom. The quantitative estimate of drug-likeness (QED) is 0.916. The number of hydrogen-bond acceptors (Lipinski definition) is 4. The van der Waals surface area contributed by atoms with Gasteiger partial charge in [0, 0.05) is 31.4 Å². The number of aryl methyl sites for hydroxylation is 1. The normalized spacial score (nSPS) is 15.0. The fourth-order valence-electron chi connectivity index (χ4n) is 2.58. The highest BCUT2D eigenvalue weighted by atomic mass is 16.6. The maximum atomic E-state index is 6.33. The van der Waals surface area contributed by atoms with Crippen molar-refractivity contribution >= 4 is 0 Å². The minimum Gasteiger partial charge on any atom is -0.486 e. The van der Waals surface area contributed by atoms with E-state index in [4.69, 9.17) is 15.2 Å². The molecule has 0 saturated heterocycles. The molecule has 1 aromatic carbocycles. The van der Waals surface area contributed by atoms with E-state index in [1.807, 2.05) is 30.6 Å². The highest BCUT2D eigenvalue weighted by Crippen LogP contribution is 2.32. The molecule has 2 heterocycles. The Morgan fingerprint density at radius 1 is 1.29 bits per heavy atom. The van der Waals surface area contributed by atoms with Crippen LogP contribution in [0.5, 0.6) is 11.5 Å². The van der Waals surface area contributed by atoms with Gasteiger partial charge >= 0.3 is 0 Å². The molecule has 5 nitrogen and oxygen atoms in total. The number of aromatic nitrogens is 2. The average molecular weight is 287 g/mol. The van der Waals surface area contributed by atoms with Gasteiger partial charge in [-0.3, -0.25) is 0 Å². The third kappa shape index (κ3) is 3.03. The molecule has 0 aliphatic carbocycles. The fourth-order valence-corrected chi connectivity index (χ4v) is 2.58. The molecule has 0 saturated carbocycles. The molecule has 5 heteroatoms. The molecule has 112 valence electrons. The van der Waals surface area contributed by atoms with Gasteiger partial charge in [-0.05, 0) is 24.1 Å². The topological polar surface area (TPSA) is 62.3 Å². The summed E-state index contributed by atoms with van der Waals surface area (Å²) in [6, 6.07) is 5.82. The first-order valence-electron chi connectivity index (χ1n) is 7.43. The van der Waals surface area contributed by atoms with Crippen LogP contribution in [-0.2, 0) is 13.0 Å². The first-order valence-corrected chi connectivity index (χ1v) is 7.43. The summed E-state index contributed by atoms with van der Waals surface area (Å²) < 4.78 is 13.3. The van der Waals surface area contributed by atoms with E-state index in [1.54, 1.807) is 0 Å². The summed E-state index contributed by atoms with van der Waals surface area (Å²) in [5, 5.41) is 0. The molecule has 3 rings (SSSR count). The maximum Gasteiger partial charge on any atom is 0.161 e. The van der Waals surface area contributed by atoms with Crippen LogP contribution in [0.3, 0.4) is 0 Å². The molecule has 1 aliphatic heterocycles. The van der Waals surface area contributed by atoms with Crippen molar-refractivity contribution in [2.24, 2.45) is 5.73 Å². The Balaban J connectivity index is 1.75. The maximum absolute atomic E-state index is 6.33. The van der Waals surface area contributed by atoms with Gasteiger partial charge in [0.15, 0.2) is 11.5 Å². The van der Waals surface area contributed by atoms with Crippen LogP contribution < -0.4 is 15.2 Å². The van der Waals surface area contributed by atoms with Crippen molar-refractivity contribution in [3.63, 3.8) is 0 Å². The third-order valence-electron chi connectivity index (χ3n) is 3.66. The predicted octanol–water partition coefficient (Wildman–Crippen LogP) is 2.31. The van der Waals surface area contributed by atoms with Crippen LogP contribution in [0, 0.1) is 0 Å². The summed E-state index contributed by atoms with van der Waals surface area (Å²) in [4.78, 5) is 4.41. The van der Waals surface area contributed by atoms with E-state index in [0.717, 1.165) is 35.9 Å². The van der Waals surface area contributed by atoms with Gasteiger partial charge in [-0.2, -0.15) is 0 Å². The lowest BCUT2D eigenvalue weighted by atomic mass is 10.0. The van der Waals surface area contributed by atoms with Crippen LogP contribution >= 0.6 is 0 Å². The molecular formula is C16H21N3O2. The standard InChI is InChI=1S/C16H21N3O2/c1-2-6-19-7-5-18-16(19)11-13(17)12-3-4-14-15(10-12)21-9-8-20-14/h3-5,7,10,13H,2,6,8-9,11,17H2,1H3. The lowest BCUT2D eigenvalue weighted by Crippen LogP contribution is -2.19. The van der Waals surface area contributed by atoms with Gasteiger partial charge in [-0.25, -0.2) is 4.98 Å².